The van der Waals surface area contributed by atoms with Gasteiger partial charge in [-0.3, -0.25) is 14.5 Å². The van der Waals surface area contributed by atoms with Crippen molar-refractivity contribution in [3.05, 3.63) is 29.3 Å². The molecule has 0 aliphatic carbocycles. The van der Waals surface area contributed by atoms with Gasteiger partial charge in [0, 0.05) is 18.6 Å². The Bertz CT molecular complexity index is 945. The highest BCUT2D eigenvalue weighted by molar-refractivity contribution is 6.33. The second-order valence-electron chi connectivity index (χ2n) is 11.1. The van der Waals surface area contributed by atoms with E-state index in [0.717, 1.165) is 12.8 Å². The van der Waals surface area contributed by atoms with E-state index in [-0.39, 0.29) is 24.3 Å². The topological polar surface area (TPSA) is 88.2 Å². The van der Waals surface area contributed by atoms with Crippen LogP contribution < -0.4 is 10.2 Å². The quantitative estimate of drug-likeness (QED) is 0.550. The molecule has 3 rings (SSSR count). The maximum Gasteiger partial charge on any atom is 0.408 e. The summed E-state index contributed by atoms with van der Waals surface area (Å²) < 4.78 is 11.2. The number of para-hydroxylation sites is 1. The van der Waals surface area contributed by atoms with Crippen LogP contribution in [0.25, 0.3) is 0 Å². The largest absolute Gasteiger partial charge is 0.460 e. The van der Waals surface area contributed by atoms with Crippen LogP contribution in [0.4, 0.5) is 10.5 Å². The second kappa shape index (κ2) is 10.7. The molecule has 1 aromatic carbocycles. The van der Waals surface area contributed by atoms with E-state index in [1.807, 2.05) is 43.9 Å². The van der Waals surface area contributed by atoms with E-state index in [1.165, 1.54) is 0 Å². The van der Waals surface area contributed by atoms with E-state index >= 15 is 0 Å². The van der Waals surface area contributed by atoms with Crippen LogP contribution in [-0.4, -0.2) is 65.8 Å². The Morgan fingerprint density at radius 3 is 2.60 bits per heavy atom. The van der Waals surface area contributed by atoms with Gasteiger partial charge in [0.15, 0.2) is 0 Å². The number of alkyl carbamates (subject to hydrolysis) is 1. The zero-order valence-electron chi connectivity index (χ0n) is 21.6. The third kappa shape index (κ3) is 6.88. The molecule has 0 saturated carbocycles. The fourth-order valence-corrected chi connectivity index (χ4v) is 4.93. The minimum Gasteiger partial charge on any atom is -0.460 e. The van der Waals surface area contributed by atoms with Gasteiger partial charge in [-0.2, -0.15) is 0 Å². The summed E-state index contributed by atoms with van der Waals surface area (Å²) in [6, 6.07) is 6.78. The monoisotopic (exact) mass is 507 g/mol. The molecule has 2 heterocycles. The number of anilines is 1. The second-order valence-corrected chi connectivity index (χ2v) is 11.5. The van der Waals surface area contributed by atoms with Crippen molar-refractivity contribution >= 4 is 35.3 Å². The molecule has 1 N–H and O–H groups in total. The molecule has 0 radical (unpaired) electrons. The lowest BCUT2D eigenvalue weighted by molar-refractivity contribution is -0.146. The molecule has 2 aliphatic heterocycles. The summed E-state index contributed by atoms with van der Waals surface area (Å²) in [6.07, 6.45) is 1.09. The number of hydrogen-bond acceptors (Lipinski definition) is 6. The van der Waals surface area contributed by atoms with Crippen LogP contribution in [0.1, 0.15) is 60.8 Å². The Balaban J connectivity index is 1.79. The lowest BCUT2D eigenvalue weighted by Crippen LogP contribution is -2.65. The van der Waals surface area contributed by atoms with Crippen molar-refractivity contribution in [3.63, 3.8) is 0 Å². The van der Waals surface area contributed by atoms with Gasteiger partial charge >= 0.3 is 12.1 Å². The van der Waals surface area contributed by atoms with Crippen molar-refractivity contribution in [3.8, 4) is 0 Å². The molecule has 194 valence electrons. The number of piperazine rings is 1. The van der Waals surface area contributed by atoms with Gasteiger partial charge in [0.05, 0.1) is 29.2 Å². The molecule has 1 aromatic rings. The van der Waals surface area contributed by atoms with Crippen molar-refractivity contribution in [2.75, 3.05) is 24.5 Å². The zero-order valence-corrected chi connectivity index (χ0v) is 22.4. The van der Waals surface area contributed by atoms with Crippen molar-refractivity contribution in [1.82, 2.24) is 10.2 Å². The average Bonchev–Trinajstić information content (AvgIpc) is 3.10. The Kier molecular flexibility index (Phi) is 8.37. The first-order chi connectivity index (χ1) is 16.3. The highest BCUT2D eigenvalue weighted by Crippen LogP contribution is 2.33. The Morgan fingerprint density at radius 1 is 1.29 bits per heavy atom. The molecule has 2 amide bonds. The minimum absolute atomic E-state index is 0.0827. The number of hydrogen-bond donors (Lipinski definition) is 1. The number of amides is 2. The summed E-state index contributed by atoms with van der Waals surface area (Å²) in [7, 11) is 0. The predicted molar refractivity (Wildman–Crippen MR) is 136 cm³/mol. The molecule has 8 nitrogen and oxygen atoms in total. The molecule has 2 aliphatic rings. The summed E-state index contributed by atoms with van der Waals surface area (Å²) in [5, 5.41) is 3.45. The Morgan fingerprint density at radius 2 is 1.97 bits per heavy atom. The van der Waals surface area contributed by atoms with E-state index in [4.69, 9.17) is 21.1 Å². The summed E-state index contributed by atoms with van der Waals surface area (Å²) in [5.74, 6) is -0.493. The first kappa shape index (κ1) is 27.3. The molecule has 9 heteroatoms. The van der Waals surface area contributed by atoms with Crippen LogP contribution in [0.5, 0.6) is 0 Å². The van der Waals surface area contributed by atoms with Gasteiger partial charge in [0.1, 0.15) is 11.7 Å². The highest BCUT2D eigenvalue weighted by atomic mass is 35.5. The van der Waals surface area contributed by atoms with E-state index in [1.54, 1.807) is 31.7 Å². The van der Waals surface area contributed by atoms with Crippen molar-refractivity contribution in [2.24, 2.45) is 5.92 Å². The Hall–Kier alpha value is -2.32. The number of carbonyl (C=O) groups is 3. The van der Waals surface area contributed by atoms with Crippen molar-refractivity contribution in [1.29, 1.82) is 0 Å². The van der Waals surface area contributed by atoms with Crippen molar-refractivity contribution in [2.45, 2.75) is 84.1 Å². The van der Waals surface area contributed by atoms with E-state index < -0.39 is 29.4 Å². The number of benzene rings is 1. The van der Waals surface area contributed by atoms with Gasteiger partial charge in [0.2, 0.25) is 5.91 Å². The van der Waals surface area contributed by atoms with Gasteiger partial charge in [-0.25, -0.2) is 4.79 Å². The van der Waals surface area contributed by atoms with Gasteiger partial charge < -0.3 is 19.7 Å². The number of halogens is 1. The van der Waals surface area contributed by atoms with Crippen LogP contribution in [0.2, 0.25) is 5.02 Å². The summed E-state index contributed by atoms with van der Waals surface area (Å²) in [4.78, 5) is 42.0. The number of nitrogens with zero attached hydrogens (tertiary/aromatic N) is 2. The summed E-state index contributed by atoms with van der Waals surface area (Å²) >= 11 is 6.37. The SMILES string of the molecule is CCC[C@@H]1C[C@@H]([C@H](CN2CC(=O)N(c3ccccc3Cl)CC2(C)C)NC(=O)OC(C)(C)C)OC1=O. The average molecular weight is 508 g/mol. The number of ether oxygens (including phenoxy) is 2. The molecule has 0 bridgehead atoms. The lowest BCUT2D eigenvalue weighted by Gasteiger charge is -2.48. The van der Waals surface area contributed by atoms with Gasteiger partial charge in [0.25, 0.3) is 0 Å². The van der Waals surface area contributed by atoms with Crippen LogP contribution in [0.3, 0.4) is 0 Å². The molecule has 2 saturated heterocycles. The number of esters is 1. The normalized spacial score (nSPS) is 23.7. The summed E-state index contributed by atoms with van der Waals surface area (Å²) in [6.45, 7) is 12.4. The first-order valence-corrected chi connectivity index (χ1v) is 12.7. The number of rotatable bonds is 7. The molecule has 0 unspecified atom stereocenters. The highest BCUT2D eigenvalue weighted by Gasteiger charge is 2.44. The van der Waals surface area contributed by atoms with E-state index in [0.29, 0.717) is 30.2 Å². The van der Waals surface area contributed by atoms with Crippen LogP contribution >= 0.6 is 11.6 Å². The molecule has 3 atom stereocenters. The molecular weight excluding hydrogens is 470 g/mol. The fourth-order valence-electron chi connectivity index (χ4n) is 4.69. The standard InChI is InChI=1S/C26H38ClN3O5/c1-7-10-17-13-21(34-23(17)32)19(28-24(33)35-25(2,3)4)14-29-15-22(31)30(16-26(29,5)6)20-12-9-8-11-18(20)27/h8-9,11-12,17,19,21H,7,10,13-16H2,1-6H3,(H,28,33)/t17-,19+,21+/m1/s1. The third-order valence-corrected chi connectivity index (χ3v) is 6.81. The lowest BCUT2D eigenvalue weighted by atomic mass is 9.93. The van der Waals surface area contributed by atoms with Gasteiger partial charge in [-0.05, 0) is 59.6 Å². The van der Waals surface area contributed by atoms with Crippen LogP contribution in [0, 0.1) is 5.92 Å². The zero-order chi connectivity index (χ0) is 26.0. The van der Waals surface area contributed by atoms with E-state index in [2.05, 4.69) is 5.32 Å². The van der Waals surface area contributed by atoms with E-state index in [9.17, 15) is 14.4 Å². The molecule has 35 heavy (non-hydrogen) atoms. The number of cyclic esters (lactones) is 1. The number of nitrogens with one attached hydrogen (secondary N) is 1. The maximum atomic E-state index is 13.2. The maximum absolute atomic E-state index is 13.2. The fraction of sp³-hybridized carbons (Fsp3) is 0.654. The molecule has 0 spiro atoms. The predicted octanol–water partition coefficient (Wildman–Crippen LogP) is 4.39. The van der Waals surface area contributed by atoms with Gasteiger partial charge in [-0.1, -0.05) is 37.1 Å². The van der Waals surface area contributed by atoms with Crippen molar-refractivity contribution < 1.29 is 23.9 Å². The minimum atomic E-state index is -0.665. The third-order valence-electron chi connectivity index (χ3n) is 6.49. The summed E-state index contributed by atoms with van der Waals surface area (Å²) in [5.41, 5.74) is -0.407. The van der Waals surface area contributed by atoms with Crippen LogP contribution in [0.15, 0.2) is 24.3 Å². The molecular formula is C26H38ClN3O5. The molecule has 0 aromatic heterocycles. The molecule has 2 fully saturated rings. The smallest absolute Gasteiger partial charge is 0.408 e. The number of carbonyl (C=O) groups excluding carboxylic acids is 3. The van der Waals surface area contributed by atoms with Gasteiger partial charge in [-0.15, -0.1) is 0 Å². The van der Waals surface area contributed by atoms with Crippen LogP contribution in [-0.2, 0) is 19.1 Å². The first-order valence-electron chi connectivity index (χ1n) is 12.3. The Labute approximate surface area is 213 Å².